The average molecular weight is 461 g/mol. The first-order valence-corrected chi connectivity index (χ1v) is 11.6. The van der Waals surface area contributed by atoms with Crippen LogP contribution in [0.5, 0.6) is 0 Å². The van der Waals surface area contributed by atoms with Crippen LogP contribution in [-0.4, -0.2) is 51.1 Å². The summed E-state index contributed by atoms with van der Waals surface area (Å²) in [5, 5.41) is 24.3. The minimum atomic E-state index is -0.258. The number of fused-ring (bicyclic) bond motifs is 1. The molecule has 1 aliphatic heterocycles. The second kappa shape index (κ2) is 9.34. The molecule has 5 rings (SSSR count). The van der Waals surface area contributed by atoms with Crippen molar-refractivity contribution in [3.05, 3.63) is 59.5 Å². The summed E-state index contributed by atoms with van der Waals surface area (Å²) in [7, 11) is 0. The van der Waals surface area contributed by atoms with Gasteiger partial charge in [-0.2, -0.15) is 5.10 Å². The molecule has 0 aliphatic carbocycles. The zero-order valence-electron chi connectivity index (χ0n) is 19.6. The van der Waals surface area contributed by atoms with Crippen LogP contribution >= 0.6 is 0 Å². The van der Waals surface area contributed by atoms with Crippen LogP contribution < -0.4 is 15.5 Å². The lowest BCUT2D eigenvalue weighted by Crippen LogP contribution is -2.53. The van der Waals surface area contributed by atoms with Crippen molar-refractivity contribution in [1.82, 2.24) is 30.7 Å². The van der Waals surface area contributed by atoms with Crippen LogP contribution in [0, 0.1) is 18.7 Å². The number of halogens is 1. The Balaban J connectivity index is 1.50. The highest BCUT2D eigenvalue weighted by atomic mass is 19.1. The van der Waals surface area contributed by atoms with E-state index in [0.29, 0.717) is 30.1 Å². The Bertz CT molecular complexity index is 1300. The number of anilines is 2. The van der Waals surface area contributed by atoms with Crippen LogP contribution in [-0.2, 0) is 6.54 Å². The molecule has 0 amide bonds. The fourth-order valence-electron chi connectivity index (χ4n) is 4.30. The van der Waals surface area contributed by atoms with Crippen molar-refractivity contribution < 1.29 is 4.39 Å². The maximum atomic E-state index is 13.6. The summed E-state index contributed by atoms with van der Waals surface area (Å²) in [4.78, 5) is 7.23. The van der Waals surface area contributed by atoms with Gasteiger partial charge in [0.15, 0.2) is 17.5 Å². The molecule has 2 aromatic carbocycles. The number of hydrogen-bond donors (Lipinski definition) is 3. The third-order valence-electron chi connectivity index (χ3n) is 6.33. The van der Waals surface area contributed by atoms with Gasteiger partial charge in [-0.05, 0) is 48.7 Å². The van der Waals surface area contributed by atoms with Crippen molar-refractivity contribution in [3.8, 4) is 11.4 Å². The molecule has 8 nitrogen and oxygen atoms in total. The third kappa shape index (κ3) is 4.56. The molecule has 1 aliphatic rings. The summed E-state index contributed by atoms with van der Waals surface area (Å²) < 4.78 is 13.6. The van der Waals surface area contributed by atoms with E-state index in [0.717, 1.165) is 53.2 Å². The van der Waals surface area contributed by atoms with Crippen molar-refractivity contribution >= 4 is 22.5 Å². The second-order valence-electron chi connectivity index (χ2n) is 9.12. The van der Waals surface area contributed by atoms with Crippen LogP contribution in [0.3, 0.4) is 0 Å². The highest BCUT2D eigenvalue weighted by Gasteiger charge is 2.26. The Morgan fingerprint density at radius 1 is 1.18 bits per heavy atom. The Morgan fingerprint density at radius 2 is 2.06 bits per heavy atom. The highest BCUT2D eigenvalue weighted by molar-refractivity contribution is 5.85. The minimum Gasteiger partial charge on any atom is -0.361 e. The number of piperazine rings is 1. The maximum Gasteiger partial charge on any atom is 0.192 e. The maximum absolute atomic E-state index is 13.6. The standard InChI is InChI=1S/C25H29FN8/c1-15(2)22-14-34(10-9-27-22)25-24(28-13-17-5-4-6-19(26)11-17)33-32-23(29-25)18-7-8-21-20(12-18)16(3)30-31-21/h4-8,11-12,15,22,27H,9-10,13-14H2,1-3H3,(H,28,33)(H,30,31). The van der Waals surface area contributed by atoms with Crippen molar-refractivity contribution in [2.24, 2.45) is 5.92 Å². The Kier molecular flexibility index (Phi) is 6.10. The van der Waals surface area contributed by atoms with E-state index in [9.17, 15) is 4.39 Å². The molecule has 0 saturated carbocycles. The number of aryl methyl sites for hydroxylation is 1. The van der Waals surface area contributed by atoms with E-state index in [1.807, 2.05) is 31.2 Å². The van der Waals surface area contributed by atoms with Crippen LogP contribution in [0.25, 0.3) is 22.3 Å². The van der Waals surface area contributed by atoms with Crippen LogP contribution in [0.1, 0.15) is 25.1 Å². The lowest BCUT2D eigenvalue weighted by molar-refractivity contribution is 0.367. The van der Waals surface area contributed by atoms with E-state index >= 15 is 0 Å². The molecule has 1 atom stereocenters. The quantitative estimate of drug-likeness (QED) is 0.402. The molecular formula is C25H29FN8. The lowest BCUT2D eigenvalue weighted by atomic mass is 10.0. The smallest absolute Gasteiger partial charge is 0.192 e. The van der Waals surface area contributed by atoms with Gasteiger partial charge in [0.05, 0.1) is 5.52 Å². The number of nitrogens with one attached hydrogen (secondary N) is 3. The summed E-state index contributed by atoms with van der Waals surface area (Å²) in [6.07, 6.45) is 0. The number of aromatic amines is 1. The van der Waals surface area contributed by atoms with Gasteiger partial charge in [-0.1, -0.05) is 26.0 Å². The molecule has 34 heavy (non-hydrogen) atoms. The van der Waals surface area contributed by atoms with E-state index in [4.69, 9.17) is 4.98 Å². The molecule has 3 N–H and O–H groups in total. The Morgan fingerprint density at radius 3 is 2.88 bits per heavy atom. The first-order valence-electron chi connectivity index (χ1n) is 11.6. The topological polar surface area (TPSA) is 94.6 Å². The normalized spacial score (nSPS) is 16.4. The van der Waals surface area contributed by atoms with Crippen molar-refractivity contribution in [3.63, 3.8) is 0 Å². The predicted octanol–water partition coefficient (Wildman–Crippen LogP) is 3.91. The molecule has 3 heterocycles. The van der Waals surface area contributed by atoms with Gasteiger partial charge in [-0.25, -0.2) is 9.37 Å². The SMILES string of the molecule is Cc1[nH]nc2ccc(-c3nnc(NCc4cccc(F)c4)c(N4CCNC(C(C)C)C4)n3)cc12. The monoisotopic (exact) mass is 460 g/mol. The first kappa shape index (κ1) is 22.2. The van der Waals surface area contributed by atoms with Crippen LogP contribution in [0.2, 0.25) is 0 Å². The summed E-state index contributed by atoms with van der Waals surface area (Å²) in [5.41, 5.74) is 3.63. The van der Waals surface area contributed by atoms with E-state index in [1.54, 1.807) is 6.07 Å². The Labute approximate surface area is 198 Å². The predicted molar refractivity (Wildman–Crippen MR) is 132 cm³/mol. The summed E-state index contributed by atoms with van der Waals surface area (Å²) in [6.45, 7) is 9.37. The second-order valence-corrected chi connectivity index (χ2v) is 9.12. The largest absolute Gasteiger partial charge is 0.361 e. The van der Waals surface area contributed by atoms with Gasteiger partial charge < -0.3 is 15.5 Å². The molecule has 2 aromatic heterocycles. The first-order chi connectivity index (χ1) is 16.5. The minimum absolute atomic E-state index is 0.258. The summed E-state index contributed by atoms with van der Waals surface area (Å²) in [6, 6.07) is 12.9. The molecule has 0 spiro atoms. The number of nitrogens with zero attached hydrogens (tertiary/aromatic N) is 5. The molecule has 0 radical (unpaired) electrons. The fraction of sp³-hybridized carbons (Fsp3) is 0.360. The van der Waals surface area contributed by atoms with Crippen LogP contribution in [0.4, 0.5) is 16.0 Å². The van der Waals surface area contributed by atoms with Crippen molar-refractivity contribution in [2.75, 3.05) is 29.9 Å². The van der Waals surface area contributed by atoms with Crippen LogP contribution in [0.15, 0.2) is 42.5 Å². The van der Waals surface area contributed by atoms with Gasteiger partial charge in [0.25, 0.3) is 0 Å². The molecule has 0 bridgehead atoms. The lowest BCUT2D eigenvalue weighted by Gasteiger charge is -2.37. The average Bonchev–Trinajstić information content (AvgIpc) is 3.23. The zero-order valence-corrected chi connectivity index (χ0v) is 19.6. The van der Waals surface area contributed by atoms with E-state index in [1.165, 1.54) is 12.1 Å². The highest BCUT2D eigenvalue weighted by Crippen LogP contribution is 2.28. The summed E-state index contributed by atoms with van der Waals surface area (Å²) >= 11 is 0. The van der Waals surface area contributed by atoms with Crippen molar-refractivity contribution in [1.29, 1.82) is 0 Å². The molecule has 1 saturated heterocycles. The fourth-order valence-corrected chi connectivity index (χ4v) is 4.30. The van der Waals surface area contributed by atoms with Gasteiger partial charge in [-0.15, -0.1) is 10.2 Å². The molecule has 1 unspecified atom stereocenters. The molecule has 1 fully saturated rings. The number of hydrogen-bond acceptors (Lipinski definition) is 7. The van der Waals surface area contributed by atoms with Crippen molar-refractivity contribution in [2.45, 2.75) is 33.4 Å². The van der Waals surface area contributed by atoms with Gasteiger partial charge in [0.1, 0.15) is 5.82 Å². The number of benzene rings is 2. The molecule has 4 aromatic rings. The third-order valence-corrected chi connectivity index (χ3v) is 6.33. The number of aromatic nitrogens is 5. The zero-order chi connectivity index (χ0) is 23.7. The van der Waals surface area contributed by atoms with E-state index < -0.39 is 0 Å². The Hall–Kier alpha value is -3.59. The van der Waals surface area contributed by atoms with Gasteiger partial charge in [-0.3, -0.25) is 5.10 Å². The van der Waals surface area contributed by atoms with E-state index in [2.05, 4.69) is 49.8 Å². The van der Waals surface area contributed by atoms with Gasteiger partial charge in [0, 0.05) is 48.9 Å². The molecule has 9 heteroatoms. The molecular weight excluding hydrogens is 431 g/mol. The molecule has 176 valence electrons. The number of H-pyrrole nitrogens is 1. The number of rotatable bonds is 6. The van der Waals surface area contributed by atoms with Gasteiger partial charge >= 0.3 is 0 Å². The van der Waals surface area contributed by atoms with Gasteiger partial charge in [0.2, 0.25) is 0 Å². The summed E-state index contributed by atoms with van der Waals surface area (Å²) in [5.74, 6) is 2.15. The van der Waals surface area contributed by atoms with E-state index in [-0.39, 0.29) is 5.82 Å².